The first kappa shape index (κ1) is 9.66. The van der Waals surface area contributed by atoms with E-state index in [4.69, 9.17) is 0 Å². The van der Waals surface area contributed by atoms with Gasteiger partial charge in [-0.1, -0.05) is 0 Å². The minimum absolute atomic E-state index is 0.118. The van der Waals surface area contributed by atoms with Crippen molar-refractivity contribution in [2.24, 2.45) is 0 Å². The maximum absolute atomic E-state index is 11.2. The van der Waals surface area contributed by atoms with Gasteiger partial charge < -0.3 is 10.1 Å². The fourth-order valence-electron chi connectivity index (χ4n) is 0.640. The zero-order valence-electron chi connectivity index (χ0n) is 6.94. The van der Waals surface area contributed by atoms with Gasteiger partial charge in [-0.05, 0) is 0 Å². The first-order chi connectivity index (χ1) is 6.24. The average molecular weight is 200 g/mol. The highest BCUT2D eigenvalue weighted by molar-refractivity contribution is 7.11. The molecular formula is C7H8N2O3S. The number of methoxy groups -OCH3 is 1. The highest BCUT2D eigenvalue weighted by Crippen LogP contribution is 2.03. The summed E-state index contributed by atoms with van der Waals surface area (Å²) in [6.07, 6.45) is 1.44. The first-order valence-electron chi connectivity index (χ1n) is 3.47. The van der Waals surface area contributed by atoms with E-state index in [0.717, 1.165) is 0 Å². The predicted octanol–water partition coefficient (Wildman–Crippen LogP) is 0.0459. The largest absolute Gasteiger partial charge is 0.468 e. The van der Waals surface area contributed by atoms with Crippen LogP contribution in [0, 0.1) is 0 Å². The monoisotopic (exact) mass is 200 g/mol. The molecule has 1 aromatic heterocycles. The molecule has 1 amide bonds. The van der Waals surface area contributed by atoms with Gasteiger partial charge in [0.2, 0.25) is 0 Å². The molecule has 1 rings (SSSR count). The van der Waals surface area contributed by atoms with Crippen LogP contribution in [-0.2, 0) is 9.53 Å². The van der Waals surface area contributed by atoms with Gasteiger partial charge in [0.1, 0.15) is 11.4 Å². The fourth-order valence-corrected chi connectivity index (χ4v) is 1.18. The normalized spacial score (nSPS) is 9.31. The molecule has 0 aliphatic carbocycles. The third kappa shape index (κ3) is 2.83. The maximum atomic E-state index is 11.2. The van der Waals surface area contributed by atoms with E-state index in [2.05, 4.69) is 15.0 Å². The van der Waals surface area contributed by atoms with Gasteiger partial charge in [-0.2, -0.15) is 0 Å². The Morgan fingerprint density at radius 2 is 2.46 bits per heavy atom. The van der Waals surface area contributed by atoms with Gasteiger partial charge in [-0.25, -0.2) is 0 Å². The second-order valence-corrected chi connectivity index (χ2v) is 3.01. The van der Waals surface area contributed by atoms with Crippen LogP contribution in [-0.4, -0.2) is 30.5 Å². The van der Waals surface area contributed by atoms with E-state index in [1.165, 1.54) is 24.6 Å². The molecule has 0 aliphatic heterocycles. The Balaban J connectivity index is 2.39. The maximum Gasteiger partial charge on any atom is 0.325 e. The molecule has 5 nitrogen and oxygen atoms in total. The van der Waals surface area contributed by atoms with Crippen LogP contribution in [0.1, 0.15) is 9.67 Å². The van der Waals surface area contributed by atoms with E-state index in [-0.39, 0.29) is 12.5 Å². The molecular weight excluding hydrogens is 192 g/mol. The molecule has 6 heteroatoms. The Hall–Kier alpha value is -1.43. The number of aromatic nitrogens is 1. The number of rotatable bonds is 3. The second-order valence-electron chi connectivity index (χ2n) is 2.12. The Bertz CT molecular complexity index is 297. The van der Waals surface area contributed by atoms with E-state index in [9.17, 15) is 9.59 Å². The molecule has 1 aromatic rings. The SMILES string of the molecule is COC(=O)CNC(=O)c1cncs1. The highest BCUT2D eigenvalue weighted by Gasteiger charge is 2.08. The summed E-state index contributed by atoms with van der Waals surface area (Å²) in [4.78, 5) is 26.0. The lowest BCUT2D eigenvalue weighted by Gasteiger charge is -2.00. The molecule has 0 bridgehead atoms. The first-order valence-corrected chi connectivity index (χ1v) is 4.35. The van der Waals surface area contributed by atoms with E-state index in [0.29, 0.717) is 4.88 Å². The van der Waals surface area contributed by atoms with Gasteiger partial charge in [0.25, 0.3) is 5.91 Å². The molecule has 0 spiro atoms. The minimum atomic E-state index is -0.474. The number of nitrogens with zero attached hydrogens (tertiary/aromatic N) is 1. The summed E-state index contributed by atoms with van der Waals surface area (Å²) < 4.78 is 4.35. The lowest BCUT2D eigenvalue weighted by molar-refractivity contribution is -0.139. The van der Waals surface area contributed by atoms with E-state index < -0.39 is 5.97 Å². The molecule has 0 fully saturated rings. The van der Waals surface area contributed by atoms with Crippen LogP contribution >= 0.6 is 11.3 Å². The van der Waals surface area contributed by atoms with Crippen molar-refractivity contribution in [2.75, 3.05) is 13.7 Å². The van der Waals surface area contributed by atoms with Crippen LogP contribution in [0.3, 0.4) is 0 Å². The number of hydrogen-bond donors (Lipinski definition) is 1. The molecule has 70 valence electrons. The van der Waals surface area contributed by atoms with Gasteiger partial charge in [0.15, 0.2) is 0 Å². The Morgan fingerprint density at radius 3 is 3.00 bits per heavy atom. The van der Waals surface area contributed by atoms with Gasteiger partial charge in [-0.3, -0.25) is 14.6 Å². The molecule has 0 saturated heterocycles. The van der Waals surface area contributed by atoms with Crippen LogP contribution in [0.5, 0.6) is 0 Å². The number of ether oxygens (including phenoxy) is 1. The zero-order chi connectivity index (χ0) is 9.68. The smallest absolute Gasteiger partial charge is 0.325 e. The highest BCUT2D eigenvalue weighted by atomic mass is 32.1. The number of amides is 1. The van der Waals surface area contributed by atoms with Gasteiger partial charge in [0.05, 0.1) is 18.8 Å². The van der Waals surface area contributed by atoms with Crippen molar-refractivity contribution in [1.82, 2.24) is 10.3 Å². The topological polar surface area (TPSA) is 68.3 Å². The van der Waals surface area contributed by atoms with Crippen molar-refractivity contribution in [3.05, 3.63) is 16.6 Å². The molecule has 0 aliphatic rings. The molecule has 0 unspecified atom stereocenters. The number of esters is 1. The standard InChI is InChI=1S/C7H8N2O3S/c1-12-6(10)3-9-7(11)5-2-8-4-13-5/h2,4H,3H2,1H3,(H,9,11). The Labute approximate surface area is 78.7 Å². The summed E-state index contributed by atoms with van der Waals surface area (Å²) in [6, 6.07) is 0. The van der Waals surface area contributed by atoms with Crippen molar-refractivity contribution < 1.29 is 14.3 Å². The Kier molecular flexibility index (Phi) is 3.39. The lowest BCUT2D eigenvalue weighted by Crippen LogP contribution is -2.29. The van der Waals surface area contributed by atoms with Crippen LogP contribution in [0.2, 0.25) is 0 Å². The third-order valence-electron chi connectivity index (χ3n) is 1.28. The molecule has 0 radical (unpaired) electrons. The van der Waals surface area contributed by atoms with E-state index in [1.54, 1.807) is 5.51 Å². The summed E-state index contributed by atoms with van der Waals surface area (Å²) in [6.45, 7) is -0.118. The molecule has 0 atom stereocenters. The molecule has 1 N–H and O–H groups in total. The number of thiazole rings is 1. The fraction of sp³-hybridized carbons (Fsp3) is 0.286. The van der Waals surface area contributed by atoms with Crippen molar-refractivity contribution in [2.45, 2.75) is 0 Å². The van der Waals surface area contributed by atoms with Crippen molar-refractivity contribution >= 4 is 23.2 Å². The van der Waals surface area contributed by atoms with Crippen LogP contribution in [0.15, 0.2) is 11.7 Å². The zero-order valence-corrected chi connectivity index (χ0v) is 7.76. The second kappa shape index (κ2) is 4.56. The van der Waals surface area contributed by atoms with Crippen LogP contribution < -0.4 is 5.32 Å². The third-order valence-corrected chi connectivity index (χ3v) is 2.05. The summed E-state index contributed by atoms with van der Waals surface area (Å²) in [5, 5.41) is 2.39. The van der Waals surface area contributed by atoms with Gasteiger partial charge in [0, 0.05) is 0 Å². The van der Waals surface area contributed by atoms with Crippen LogP contribution in [0.25, 0.3) is 0 Å². The van der Waals surface area contributed by atoms with Gasteiger partial charge in [-0.15, -0.1) is 11.3 Å². The van der Waals surface area contributed by atoms with Crippen molar-refractivity contribution in [1.29, 1.82) is 0 Å². The van der Waals surface area contributed by atoms with Crippen LogP contribution in [0.4, 0.5) is 0 Å². The summed E-state index contributed by atoms with van der Waals surface area (Å²) in [7, 11) is 1.27. The van der Waals surface area contributed by atoms with Crippen molar-refractivity contribution in [3.8, 4) is 0 Å². The average Bonchev–Trinajstić information content (AvgIpc) is 2.66. The minimum Gasteiger partial charge on any atom is -0.468 e. The lowest BCUT2D eigenvalue weighted by atomic mass is 10.5. The predicted molar refractivity (Wildman–Crippen MR) is 46.5 cm³/mol. The van der Waals surface area contributed by atoms with Crippen molar-refractivity contribution in [3.63, 3.8) is 0 Å². The number of carbonyl (C=O) groups excluding carboxylic acids is 2. The molecule has 0 aromatic carbocycles. The summed E-state index contributed by atoms with van der Waals surface area (Å²) in [5.41, 5.74) is 1.55. The Morgan fingerprint density at radius 1 is 1.69 bits per heavy atom. The molecule has 1 heterocycles. The summed E-state index contributed by atoms with van der Waals surface area (Å²) in [5.74, 6) is -0.786. The van der Waals surface area contributed by atoms with Gasteiger partial charge >= 0.3 is 5.97 Å². The summed E-state index contributed by atoms with van der Waals surface area (Å²) >= 11 is 1.22. The molecule has 13 heavy (non-hydrogen) atoms. The number of carbonyl (C=O) groups is 2. The number of nitrogens with one attached hydrogen (secondary N) is 1. The number of hydrogen-bond acceptors (Lipinski definition) is 5. The van der Waals surface area contributed by atoms with E-state index in [1.807, 2.05) is 0 Å². The molecule has 0 saturated carbocycles. The quantitative estimate of drug-likeness (QED) is 0.700. The van der Waals surface area contributed by atoms with E-state index >= 15 is 0 Å².